The van der Waals surface area contributed by atoms with Crippen LogP contribution < -0.4 is 9.47 Å². The van der Waals surface area contributed by atoms with E-state index in [4.69, 9.17) is 9.47 Å². The van der Waals surface area contributed by atoms with Gasteiger partial charge in [-0.25, -0.2) is 0 Å². The minimum atomic E-state index is -4.80. The predicted octanol–water partition coefficient (Wildman–Crippen LogP) is 5.26. The lowest BCUT2D eigenvalue weighted by Gasteiger charge is -2.65. The molecule has 5 aliphatic rings. The monoisotopic (exact) mass is 596 g/mol. The van der Waals surface area contributed by atoms with Crippen LogP contribution in [-0.4, -0.2) is 72.0 Å². The second-order valence-corrected chi connectivity index (χ2v) is 12.7. The minimum absolute atomic E-state index is 0.0331. The Labute approximate surface area is 248 Å². The number of likely N-dealkylation sites (N-methyl/N-ethyl adjacent to an activating group) is 1. The number of ether oxygens (including phenoxy) is 3. The van der Waals surface area contributed by atoms with Crippen molar-refractivity contribution in [2.24, 2.45) is 5.92 Å². The van der Waals surface area contributed by atoms with E-state index in [1.165, 1.54) is 55.7 Å². The summed E-state index contributed by atoms with van der Waals surface area (Å²) in [7, 11) is 1.74. The standard InChI is InChI=1S/C33H35F3N2O5/c1-20(39)42-32-14-13-25(37(2)28(40)12-11-21-5-3-7-24(17-21)43-33(34,35)36)30-31(32)15-16-38(19-22-9-10-22)27(32)18-23-6-4-8-26(41-30)29(23)31/h3-8,11-12,17,22,25,27,30H,9-10,13-16,18-19H2,1-2H3/b12-11+/t25?,27-,30?,31+,32-/m1/s1. The molecule has 2 aliphatic heterocycles. The lowest BCUT2D eigenvalue weighted by Crippen LogP contribution is -2.79. The fraction of sp³-hybridized carbons (Fsp3) is 0.515. The van der Waals surface area contributed by atoms with Gasteiger partial charge in [0.25, 0.3) is 0 Å². The number of hydrogen-bond donors (Lipinski definition) is 0. The van der Waals surface area contributed by atoms with Crippen molar-refractivity contribution in [2.75, 3.05) is 20.1 Å². The summed E-state index contributed by atoms with van der Waals surface area (Å²) in [5, 5.41) is 0. The van der Waals surface area contributed by atoms with Gasteiger partial charge in [-0.2, -0.15) is 0 Å². The zero-order chi connectivity index (χ0) is 30.1. The fourth-order valence-electron chi connectivity index (χ4n) is 8.52. The molecule has 2 aromatic carbocycles. The van der Waals surface area contributed by atoms with Gasteiger partial charge < -0.3 is 19.1 Å². The molecule has 7 nitrogen and oxygen atoms in total. The molecule has 228 valence electrons. The highest BCUT2D eigenvalue weighted by molar-refractivity contribution is 5.92. The van der Waals surface area contributed by atoms with Crippen LogP contribution in [0.1, 0.15) is 55.7 Å². The van der Waals surface area contributed by atoms with Gasteiger partial charge in [0.1, 0.15) is 23.2 Å². The van der Waals surface area contributed by atoms with Crippen LogP contribution in [0.3, 0.4) is 0 Å². The first-order valence-electron chi connectivity index (χ1n) is 15.0. The molecule has 1 saturated heterocycles. The Kier molecular flexibility index (Phi) is 6.57. The summed E-state index contributed by atoms with van der Waals surface area (Å²) in [5.41, 5.74) is 1.42. The highest BCUT2D eigenvalue weighted by Crippen LogP contribution is 2.66. The number of alkyl halides is 3. The van der Waals surface area contributed by atoms with Crippen molar-refractivity contribution in [1.82, 2.24) is 9.80 Å². The first kappa shape index (κ1) is 28.3. The van der Waals surface area contributed by atoms with Crippen LogP contribution in [-0.2, 0) is 26.2 Å². The van der Waals surface area contributed by atoms with Gasteiger partial charge in [0.2, 0.25) is 5.91 Å². The number of piperidine rings is 1. The lowest BCUT2D eigenvalue weighted by molar-refractivity contribution is -0.274. The molecule has 2 aromatic rings. The van der Waals surface area contributed by atoms with Gasteiger partial charge in [-0.3, -0.25) is 14.5 Å². The number of nitrogens with zero attached hydrogens (tertiary/aromatic N) is 2. The van der Waals surface area contributed by atoms with Crippen molar-refractivity contribution >= 4 is 18.0 Å². The minimum Gasteiger partial charge on any atom is -0.487 e. The van der Waals surface area contributed by atoms with Crippen LogP contribution in [0.15, 0.2) is 48.5 Å². The molecule has 3 fully saturated rings. The summed E-state index contributed by atoms with van der Waals surface area (Å²) in [5.74, 6) is 0.558. The van der Waals surface area contributed by atoms with Crippen LogP contribution >= 0.6 is 0 Å². The van der Waals surface area contributed by atoms with Crippen molar-refractivity contribution in [1.29, 1.82) is 0 Å². The molecule has 7 rings (SSSR count). The maximum atomic E-state index is 13.5. The van der Waals surface area contributed by atoms with Gasteiger partial charge in [-0.05, 0) is 86.4 Å². The summed E-state index contributed by atoms with van der Waals surface area (Å²) in [4.78, 5) is 30.5. The van der Waals surface area contributed by atoms with Crippen molar-refractivity contribution in [3.63, 3.8) is 0 Å². The topological polar surface area (TPSA) is 68.3 Å². The average molecular weight is 597 g/mol. The third-order valence-electron chi connectivity index (χ3n) is 10.3. The third-order valence-corrected chi connectivity index (χ3v) is 10.3. The highest BCUT2D eigenvalue weighted by atomic mass is 19.4. The van der Waals surface area contributed by atoms with Crippen molar-refractivity contribution < 1.29 is 37.0 Å². The average Bonchev–Trinajstić information content (AvgIpc) is 3.69. The fourth-order valence-corrected chi connectivity index (χ4v) is 8.52. The molecule has 2 unspecified atom stereocenters. The number of amides is 1. The van der Waals surface area contributed by atoms with E-state index in [1.54, 1.807) is 18.0 Å². The maximum absolute atomic E-state index is 13.5. The Morgan fingerprint density at radius 2 is 1.93 bits per heavy atom. The van der Waals surface area contributed by atoms with Gasteiger partial charge in [0.05, 0.1) is 17.5 Å². The van der Waals surface area contributed by atoms with E-state index in [1.807, 2.05) is 12.1 Å². The number of likely N-dealkylation sites (tertiary alicyclic amines) is 1. The Morgan fingerprint density at radius 1 is 1.14 bits per heavy atom. The van der Waals surface area contributed by atoms with Crippen LogP contribution in [0.2, 0.25) is 0 Å². The number of hydrogen-bond acceptors (Lipinski definition) is 6. The third kappa shape index (κ3) is 4.60. The normalized spacial score (nSPS) is 30.9. The van der Waals surface area contributed by atoms with Gasteiger partial charge >= 0.3 is 12.3 Å². The van der Waals surface area contributed by atoms with Crippen LogP contribution in [0.4, 0.5) is 13.2 Å². The van der Waals surface area contributed by atoms with Crippen molar-refractivity contribution in [2.45, 2.75) is 81.0 Å². The molecule has 0 aromatic heterocycles. The molecule has 0 radical (unpaired) electrons. The largest absolute Gasteiger partial charge is 0.573 e. The zero-order valence-electron chi connectivity index (χ0n) is 24.2. The highest BCUT2D eigenvalue weighted by Gasteiger charge is 2.75. The van der Waals surface area contributed by atoms with Gasteiger partial charge in [-0.1, -0.05) is 24.3 Å². The summed E-state index contributed by atoms with van der Waals surface area (Å²) < 4.78 is 55.3. The van der Waals surface area contributed by atoms with Crippen molar-refractivity contribution in [3.05, 3.63) is 65.2 Å². The van der Waals surface area contributed by atoms with E-state index >= 15 is 0 Å². The number of halogens is 3. The SMILES string of the molecule is CC(=O)O[C@@]12CCC(N(C)C(=O)/C=C/c3cccc(OC(F)(F)F)c3)C3Oc4cccc5c4[C@@]31CCN(CC1CC1)[C@@H]2C5. The summed E-state index contributed by atoms with van der Waals surface area (Å²) in [6, 6.07) is 11.4. The summed E-state index contributed by atoms with van der Waals surface area (Å²) >= 11 is 0. The zero-order valence-corrected chi connectivity index (χ0v) is 24.2. The number of rotatable bonds is 7. The first-order chi connectivity index (χ1) is 20.5. The number of benzene rings is 2. The molecular formula is C33H35F3N2O5. The Balaban J connectivity index is 1.21. The number of carbonyl (C=O) groups is 2. The summed E-state index contributed by atoms with van der Waals surface area (Å²) in [6.07, 6.45) is 2.87. The molecule has 2 saturated carbocycles. The lowest BCUT2D eigenvalue weighted by atomic mass is 9.48. The molecule has 2 bridgehead atoms. The van der Waals surface area contributed by atoms with E-state index in [-0.39, 0.29) is 29.7 Å². The molecule has 2 heterocycles. The summed E-state index contributed by atoms with van der Waals surface area (Å²) in [6.45, 7) is 3.37. The smallest absolute Gasteiger partial charge is 0.487 e. The molecular weight excluding hydrogens is 561 g/mol. The van der Waals surface area contributed by atoms with E-state index in [2.05, 4.69) is 15.7 Å². The quantitative estimate of drug-likeness (QED) is 0.321. The van der Waals surface area contributed by atoms with Crippen LogP contribution in [0.5, 0.6) is 11.5 Å². The van der Waals surface area contributed by atoms with E-state index in [9.17, 15) is 22.8 Å². The van der Waals surface area contributed by atoms with E-state index in [0.29, 0.717) is 24.3 Å². The number of carbonyl (C=O) groups excluding carboxylic acids is 2. The second-order valence-electron chi connectivity index (χ2n) is 12.7. The van der Waals surface area contributed by atoms with Crippen molar-refractivity contribution in [3.8, 4) is 11.5 Å². The molecule has 0 N–H and O–H groups in total. The van der Waals surface area contributed by atoms with Crippen LogP contribution in [0.25, 0.3) is 6.08 Å². The maximum Gasteiger partial charge on any atom is 0.573 e. The van der Waals surface area contributed by atoms with Gasteiger partial charge in [-0.15, -0.1) is 13.2 Å². The Bertz CT molecular complexity index is 1490. The van der Waals surface area contributed by atoms with Gasteiger partial charge in [0, 0.05) is 32.2 Å². The molecule has 1 amide bonds. The number of esters is 1. The predicted molar refractivity (Wildman–Crippen MR) is 151 cm³/mol. The second kappa shape index (κ2) is 10.0. The Morgan fingerprint density at radius 3 is 2.67 bits per heavy atom. The van der Waals surface area contributed by atoms with Crippen LogP contribution in [0, 0.1) is 5.92 Å². The Hall–Kier alpha value is -3.53. The van der Waals surface area contributed by atoms with E-state index in [0.717, 1.165) is 37.2 Å². The molecule has 1 spiro atoms. The molecule has 5 atom stereocenters. The first-order valence-corrected chi connectivity index (χ1v) is 15.0. The molecule has 3 aliphatic carbocycles. The van der Waals surface area contributed by atoms with Gasteiger partial charge in [0.15, 0.2) is 0 Å². The van der Waals surface area contributed by atoms with E-state index < -0.39 is 23.5 Å². The molecule has 43 heavy (non-hydrogen) atoms. The molecule has 10 heteroatoms.